The van der Waals surface area contributed by atoms with Crippen molar-refractivity contribution in [1.82, 2.24) is 0 Å². The molecule has 0 saturated carbocycles. The highest BCUT2D eigenvalue weighted by molar-refractivity contribution is 7.08. The predicted octanol–water partition coefficient (Wildman–Crippen LogP) is 2.20. The average molecular weight is 116 g/mol. The number of thiophene rings is 1. The Morgan fingerprint density at radius 2 is 2.43 bits per heavy atom. The normalized spacial score (nSPS) is 9.43. The molecule has 0 amide bonds. The lowest BCUT2D eigenvalue weighted by molar-refractivity contribution is 0.656. The topological polar surface area (TPSA) is 0 Å². The minimum absolute atomic E-state index is 0.0995. The van der Waals surface area contributed by atoms with E-state index in [4.69, 9.17) is 0 Å². The van der Waals surface area contributed by atoms with Gasteiger partial charge in [0, 0.05) is 0 Å². The Kier molecular flexibility index (Phi) is 1.11. The van der Waals surface area contributed by atoms with Gasteiger partial charge in [-0.25, -0.2) is 0 Å². The summed E-state index contributed by atoms with van der Waals surface area (Å²) in [7, 11) is 0. The molecule has 7 heavy (non-hydrogen) atoms. The van der Waals surface area contributed by atoms with Crippen LogP contribution in [0.3, 0.4) is 0 Å². The predicted molar refractivity (Wildman–Crippen MR) is 29.0 cm³/mol. The van der Waals surface area contributed by atoms with E-state index in [1.54, 1.807) is 5.38 Å². The van der Waals surface area contributed by atoms with Crippen molar-refractivity contribution in [2.75, 3.05) is 0 Å². The first kappa shape index (κ1) is 4.78. The summed E-state index contributed by atoms with van der Waals surface area (Å²) in [5.41, 5.74) is 1.00. The highest BCUT2D eigenvalue weighted by atomic mass is 32.1. The third kappa shape index (κ3) is 0.996. The maximum Gasteiger partial charge on any atom is 0.176 e. The van der Waals surface area contributed by atoms with Crippen LogP contribution < -0.4 is 0 Å². The molecule has 0 bridgehead atoms. The van der Waals surface area contributed by atoms with Crippen molar-refractivity contribution in [3.05, 3.63) is 22.1 Å². The van der Waals surface area contributed by atoms with Crippen LogP contribution in [-0.2, 0) is 0 Å². The first-order valence-corrected chi connectivity index (χ1v) is 2.87. The van der Waals surface area contributed by atoms with E-state index in [0.717, 1.165) is 16.9 Å². The van der Waals surface area contributed by atoms with Crippen molar-refractivity contribution in [3.8, 4) is 0 Å². The monoisotopic (exact) mass is 116 g/mol. The summed E-state index contributed by atoms with van der Waals surface area (Å²) in [6.07, 6.45) is 0. The Bertz CT molecular complexity index is 140. The molecule has 1 rings (SSSR count). The van der Waals surface area contributed by atoms with Gasteiger partial charge in [-0.3, -0.25) is 0 Å². The summed E-state index contributed by atoms with van der Waals surface area (Å²) in [6.45, 7) is 1.87. The molecule has 1 aromatic rings. The van der Waals surface area contributed by atoms with Crippen molar-refractivity contribution >= 4 is 11.3 Å². The molecule has 0 spiro atoms. The molecule has 0 atom stereocenters. The van der Waals surface area contributed by atoms with E-state index in [1.807, 2.05) is 6.92 Å². The SMILES string of the molecule is Cc1csc(F)c1. The number of rotatable bonds is 0. The minimum atomic E-state index is -0.0995. The van der Waals surface area contributed by atoms with Crippen molar-refractivity contribution in [3.63, 3.8) is 0 Å². The van der Waals surface area contributed by atoms with E-state index in [-0.39, 0.29) is 5.13 Å². The van der Waals surface area contributed by atoms with Crippen LogP contribution in [-0.4, -0.2) is 0 Å². The summed E-state index contributed by atoms with van der Waals surface area (Å²) in [5.74, 6) is 0. The van der Waals surface area contributed by atoms with Crippen LogP contribution in [0.15, 0.2) is 11.4 Å². The summed E-state index contributed by atoms with van der Waals surface area (Å²) < 4.78 is 11.9. The fourth-order valence-corrected chi connectivity index (χ4v) is 1.02. The maximum absolute atomic E-state index is 11.9. The van der Waals surface area contributed by atoms with E-state index in [0.29, 0.717) is 0 Å². The lowest BCUT2D eigenvalue weighted by Gasteiger charge is -1.67. The van der Waals surface area contributed by atoms with Gasteiger partial charge in [-0.2, -0.15) is 4.39 Å². The average Bonchev–Trinajstić information content (AvgIpc) is 1.87. The van der Waals surface area contributed by atoms with Crippen molar-refractivity contribution < 1.29 is 4.39 Å². The third-order valence-electron chi connectivity index (χ3n) is 0.699. The largest absolute Gasteiger partial charge is 0.195 e. The molecule has 0 aliphatic carbocycles. The lowest BCUT2D eigenvalue weighted by Crippen LogP contribution is -1.53. The van der Waals surface area contributed by atoms with Gasteiger partial charge in [0.25, 0.3) is 0 Å². The summed E-state index contributed by atoms with van der Waals surface area (Å²) in [4.78, 5) is 0. The quantitative estimate of drug-likeness (QED) is 0.487. The van der Waals surface area contributed by atoms with E-state index in [2.05, 4.69) is 0 Å². The molecule has 0 N–H and O–H groups in total. The zero-order valence-electron chi connectivity index (χ0n) is 3.94. The van der Waals surface area contributed by atoms with Crippen molar-refractivity contribution in [2.24, 2.45) is 0 Å². The van der Waals surface area contributed by atoms with Crippen LogP contribution in [0.2, 0.25) is 0 Å². The highest BCUT2D eigenvalue weighted by Gasteiger charge is 1.88. The van der Waals surface area contributed by atoms with Crippen LogP contribution in [0, 0.1) is 12.1 Å². The van der Waals surface area contributed by atoms with E-state index in [9.17, 15) is 4.39 Å². The molecular formula is C5H5FS. The molecule has 2 heteroatoms. The number of hydrogen-bond acceptors (Lipinski definition) is 1. The van der Waals surface area contributed by atoms with Gasteiger partial charge in [-0.05, 0) is 23.9 Å². The van der Waals surface area contributed by atoms with Crippen LogP contribution in [0.5, 0.6) is 0 Å². The highest BCUT2D eigenvalue weighted by Crippen LogP contribution is 2.09. The molecule has 0 aliphatic rings. The summed E-state index contributed by atoms with van der Waals surface area (Å²) >= 11 is 1.14. The number of hydrogen-bond donors (Lipinski definition) is 0. The van der Waals surface area contributed by atoms with Gasteiger partial charge in [-0.15, -0.1) is 11.3 Å². The van der Waals surface area contributed by atoms with Gasteiger partial charge >= 0.3 is 0 Å². The molecule has 0 aromatic carbocycles. The number of halogens is 1. The fraction of sp³-hybridized carbons (Fsp3) is 0.200. The Morgan fingerprint density at radius 3 is 2.57 bits per heavy atom. The molecule has 0 fully saturated rings. The van der Waals surface area contributed by atoms with Gasteiger partial charge in [0.2, 0.25) is 0 Å². The molecule has 0 saturated heterocycles. The molecule has 0 radical (unpaired) electrons. The van der Waals surface area contributed by atoms with E-state index in [1.165, 1.54) is 6.07 Å². The second-order valence-electron chi connectivity index (χ2n) is 1.43. The first-order chi connectivity index (χ1) is 3.29. The number of aryl methyl sites for hydroxylation is 1. The molecule has 0 unspecified atom stereocenters. The van der Waals surface area contributed by atoms with Gasteiger partial charge < -0.3 is 0 Å². The maximum atomic E-state index is 11.9. The lowest BCUT2D eigenvalue weighted by atomic mass is 10.4. The van der Waals surface area contributed by atoms with Gasteiger partial charge in [0.1, 0.15) is 0 Å². The summed E-state index contributed by atoms with van der Waals surface area (Å²) in [5, 5.41) is 1.69. The molecule has 0 nitrogen and oxygen atoms in total. The Morgan fingerprint density at radius 1 is 1.71 bits per heavy atom. The second kappa shape index (κ2) is 1.62. The smallest absolute Gasteiger partial charge is 0.176 e. The molecule has 1 heterocycles. The zero-order valence-corrected chi connectivity index (χ0v) is 4.76. The molecule has 0 aliphatic heterocycles. The Labute approximate surface area is 45.6 Å². The standard InChI is InChI=1S/C5H5FS/c1-4-2-5(6)7-3-4/h2-3H,1H3. The molecule has 1 aromatic heterocycles. The van der Waals surface area contributed by atoms with Gasteiger partial charge in [0.15, 0.2) is 5.13 Å². The van der Waals surface area contributed by atoms with Crippen molar-refractivity contribution in [1.29, 1.82) is 0 Å². The van der Waals surface area contributed by atoms with Crippen molar-refractivity contribution in [2.45, 2.75) is 6.92 Å². The van der Waals surface area contributed by atoms with Crippen LogP contribution >= 0.6 is 11.3 Å². The van der Waals surface area contributed by atoms with Crippen LogP contribution in [0.25, 0.3) is 0 Å². The first-order valence-electron chi connectivity index (χ1n) is 1.99. The summed E-state index contributed by atoms with van der Waals surface area (Å²) in [6, 6.07) is 1.52. The third-order valence-corrected chi connectivity index (χ3v) is 1.53. The van der Waals surface area contributed by atoms with E-state index >= 15 is 0 Å². The van der Waals surface area contributed by atoms with E-state index < -0.39 is 0 Å². The Hall–Kier alpha value is -0.370. The van der Waals surface area contributed by atoms with Gasteiger partial charge in [0.05, 0.1) is 0 Å². The minimum Gasteiger partial charge on any atom is -0.195 e. The van der Waals surface area contributed by atoms with Crippen LogP contribution in [0.4, 0.5) is 4.39 Å². The second-order valence-corrected chi connectivity index (χ2v) is 2.29. The van der Waals surface area contributed by atoms with Gasteiger partial charge in [-0.1, -0.05) is 0 Å². The Balaban J connectivity index is 3.04. The van der Waals surface area contributed by atoms with Crippen LogP contribution in [0.1, 0.15) is 5.56 Å². The molecule has 38 valence electrons. The zero-order chi connectivity index (χ0) is 5.28. The fourth-order valence-electron chi connectivity index (χ4n) is 0.396. The molecular weight excluding hydrogens is 111 g/mol.